The van der Waals surface area contributed by atoms with Crippen LogP contribution in [0.4, 0.5) is 5.69 Å². The fourth-order valence-corrected chi connectivity index (χ4v) is 3.81. The first-order valence-electron chi connectivity index (χ1n) is 7.11. The van der Waals surface area contributed by atoms with Gasteiger partial charge in [-0.3, -0.25) is 10.1 Å². The number of non-ortho nitro benzene ring substituents is 1. The number of thioether (sulfide) groups is 1. The van der Waals surface area contributed by atoms with Crippen molar-refractivity contribution in [3.63, 3.8) is 0 Å². The lowest BCUT2D eigenvalue weighted by atomic mass is 10.0. The van der Waals surface area contributed by atoms with Crippen molar-refractivity contribution in [3.8, 4) is 12.1 Å². The van der Waals surface area contributed by atoms with Crippen molar-refractivity contribution in [2.75, 3.05) is 0 Å². The Kier molecular flexibility index (Phi) is 5.57. The van der Waals surface area contributed by atoms with Crippen LogP contribution in [0.5, 0.6) is 0 Å². The third-order valence-corrected chi connectivity index (χ3v) is 5.02. The molecular weight excluding hydrogens is 298 g/mol. The van der Waals surface area contributed by atoms with Crippen LogP contribution in [0.1, 0.15) is 37.7 Å². The Bertz CT molecular complexity index is 664. The summed E-state index contributed by atoms with van der Waals surface area (Å²) in [4.78, 5) is 11.3. The number of benzene rings is 1. The van der Waals surface area contributed by atoms with Gasteiger partial charge >= 0.3 is 0 Å². The van der Waals surface area contributed by atoms with Crippen LogP contribution >= 0.6 is 11.8 Å². The highest BCUT2D eigenvalue weighted by atomic mass is 32.2. The number of nitriles is 2. The van der Waals surface area contributed by atoms with E-state index in [0.29, 0.717) is 10.8 Å². The van der Waals surface area contributed by atoms with Gasteiger partial charge in [0.15, 0.2) is 0 Å². The quantitative estimate of drug-likeness (QED) is 0.465. The van der Waals surface area contributed by atoms with Gasteiger partial charge in [-0.15, -0.1) is 11.8 Å². The van der Waals surface area contributed by atoms with Gasteiger partial charge in [0.2, 0.25) is 0 Å². The molecule has 112 valence electrons. The van der Waals surface area contributed by atoms with E-state index in [9.17, 15) is 10.1 Å². The maximum atomic E-state index is 10.9. The van der Waals surface area contributed by atoms with Crippen LogP contribution in [0.3, 0.4) is 0 Å². The molecule has 0 N–H and O–H groups in total. The summed E-state index contributed by atoms with van der Waals surface area (Å²) in [5.41, 5.74) is 0.489. The number of nitro groups is 1. The summed E-state index contributed by atoms with van der Waals surface area (Å²) in [7, 11) is 0. The molecule has 22 heavy (non-hydrogen) atoms. The van der Waals surface area contributed by atoms with Gasteiger partial charge in [0.25, 0.3) is 5.69 Å². The monoisotopic (exact) mass is 313 g/mol. The Morgan fingerprint density at radius 3 is 2.55 bits per heavy atom. The minimum atomic E-state index is -0.467. The van der Waals surface area contributed by atoms with E-state index in [1.807, 2.05) is 0 Å². The second-order valence-electron chi connectivity index (χ2n) is 5.14. The predicted molar refractivity (Wildman–Crippen MR) is 85.0 cm³/mol. The smallest absolute Gasteiger partial charge is 0.258 e. The molecule has 0 unspecified atom stereocenters. The Morgan fingerprint density at radius 1 is 1.27 bits per heavy atom. The highest BCUT2D eigenvalue weighted by Crippen LogP contribution is 2.37. The van der Waals surface area contributed by atoms with Crippen LogP contribution in [0, 0.1) is 32.8 Å². The zero-order valence-corrected chi connectivity index (χ0v) is 12.8. The first kappa shape index (κ1) is 16.1. The second kappa shape index (κ2) is 7.63. The SMILES string of the molecule is N#CC(C#N)=Cc1cc([N+](=O)[O-])ccc1SC1CCCCC1. The van der Waals surface area contributed by atoms with Crippen LogP contribution in [0.25, 0.3) is 6.08 Å². The molecule has 6 heteroatoms. The van der Waals surface area contributed by atoms with E-state index >= 15 is 0 Å². The molecule has 1 aromatic rings. The summed E-state index contributed by atoms with van der Waals surface area (Å²) in [5, 5.41) is 29.2. The third kappa shape index (κ3) is 4.09. The molecule has 0 aliphatic heterocycles. The average molecular weight is 313 g/mol. The number of allylic oxidation sites excluding steroid dienone is 1. The highest BCUT2D eigenvalue weighted by molar-refractivity contribution is 8.00. The van der Waals surface area contributed by atoms with Gasteiger partial charge in [0.1, 0.15) is 17.7 Å². The van der Waals surface area contributed by atoms with Gasteiger partial charge in [0.05, 0.1) is 4.92 Å². The van der Waals surface area contributed by atoms with E-state index in [4.69, 9.17) is 10.5 Å². The van der Waals surface area contributed by atoms with Gasteiger partial charge in [-0.2, -0.15) is 10.5 Å². The first-order valence-corrected chi connectivity index (χ1v) is 7.99. The fraction of sp³-hybridized carbons (Fsp3) is 0.375. The molecule has 0 radical (unpaired) electrons. The highest BCUT2D eigenvalue weighted by Gasteiger charge is 2.18. The summed E-state index contributed by atoms with van der Waals surface area (Å²) in [6, 6.07) is 8.22. The van der Waals surface area contributed by atoms with Crippen molar-refractivity contribution in [1.29, 1.82) is 10.5 Å². The molecule has 0 spiro atoms. The number of hydrogen-bond acceptors (Lipinski definition) is 5. The molecule has 0 atom stereocenters. The lowest BCUT2D eigenvalue weighted by Gasteiger charge is -2.21. The molecule has 0 heterocycles. The Morgan fingerprint density at radius 2 is 1.95 bits per heavy atom. The van der Waals surface area contributed by atoms with Gasteiger partial charge in [-0.1, -0.05) is 19.3 Å². The zero-order chi connectivity index (χ0) is 15.9. The summed E-state index contributed by atoms with van der Waals surface area (Å²) < 4.78 is 0. The normalized spacial score (nSPS) is 14.6. The van der Waals surface area contributed by atoms with Gasteiger partial charge in [-0.05, 0) is 30.5 Å². The lowest BCUT2D eigenvalue weighted by molar-refractivity contribution is -0.384. The summed E-state index contributed by atoms with van der Waals surface area (Å²) in [6.45, 7) is 0. The van der Waals surface area contributed by atoms with Crippen LogP contribution in [0.15, 0.2) is 28.7 Å². The van der Waals surface area contributed by atoms with Gasteiger partial charge in [0, 0.05) is 22.3 Å². The van der Waals surface area contributed by atoms with Gasteiger partial charge in [-0.25, -0.2) is 0 Å². The average Bonchev–Trinajstić information content (AvgIpc) is 2.54. The Hall–Kier alpha value is -2.31. The maximum absolute atomic E-state index is 10.9. The van der Waals surface area contributed by atoms with Crippen molar-refractivity contribution < 1.29 is 4.92 Å². The molecule has 1 aliphatic carbocycles. The number of rotatable bonds is 4. The van der Waals surface area contributed by atoms with Crippen LogP contribution in [0.2, 0.25) is 0 Å². The Balaban J connectivity index is 2.35. The molecule has 0 amide bonds. The van der Waals surface area contributed by atoms with Crippen molar-refractivity contribution in [3.05, 3.63) is 39.4 Å². The van der Waals surface area contributed by atoms with Crippen LogP contribution in [-0.2, 0) is 0 Å². The molecule has 0 bridgehead atoms. The van der Waals surface area contributed by atoms with Crippen LogP contribution in [-0.4, -0.2) is 10.2 Å². The molecule has 1 fully saturated rings. The van der Waals surface area contributed by atoms with Crippen molar-refractivity contribution in [2.45, 2.75) is 42.2 Å². The summed E-state index contributed by atoms with van der Waals surface area (Å²) >= 11 is 1.69. The Labute approximate surface area is 133 Å². The number of nitrogens with zero attached hydrogens (tertiary/aromatic N) is 3. The predicted octanol–water partition coefficient (Wildman–Crippen LogP) is 4.45. The van der Waals surface area contributed by atoms with E-state index in [1.165, 1.54) is 37.5 Å². The molecule has 0 aromatic heterocycles. The molecule has 1 aliphatic rings. The fourth-order valence-electron chi connectivity index (χ4n) is 2.48. The summed E-state index contributed by atoms with van der Waals surface area (Å²) in [5.74, 6) is 0. The summed E-state index contributed by atoms with van der Waals surface area (Å²) in [6.07, 6.45) is 7.37. The second-order valence-corrected chi connectivity index (χ2v) is 6.48. The third-order valence-electron chi connectivity index (χ3n) is 3.59. The molecule has 2 rings (SSSR count). The first-order chi connectivity index (χ1) is 10.6. The molecule has 1 aromatic carbocycles. The van der Waals surface area contributed by atoms with Crippen molar-refractivity contribution in [2.24, 2.45) is 0 Å². The largest absolute Gasteiger partial charge is 0.270 e. The van der Waals surface area contributed by atoms with E-state index < -0.39 is 4.92 Å². The maximum Gasteiger partial charge on any atom is 0.270 e. The standard InChI is InChI=1S/C16H15N3O2S/c17-10-12(11-18)8-13-9-14(19(20)21)6-7-16(13)22-15-4-2-1-3-5-15/h6-9,15H,1-5H2. The van der Waals surface area contributed by atoms with Crippen molar-refractivity contribution >= 4 is 23.5 Å². The zero-order valence-electron chi connectivity index (χ0n) is 12.0. The van der Waals surface area contributed by atoms with Gasteiger partial charge < -0.3 is 0 Å². The number of hydrogen-bond donors (Lipinski definition) is 0. The molecule has 5 nitrogen and oxygen atoms in total. The van der Waals surface area contributed by atoms with E-state index in [0.717, 1.165) is 17.7 Å². The minimum absolute atomic E-state index is 0.0329. The lowest BCUT2D eigenvalue weighted by Crippen LogP contribution is -2.08. The van der Waals surface area contributed by atoms with Crippen molar-refractivity contribution in [1.82, 2.24) is 0 Å². The number of nitro benzene ring substituents is 1. The molecular formula is C16H15N3O2S. The van der Waals surface area contributed by atoms with E-state index in [2.05, 4.69) is 0 Å². The topological polar surface area (TPSA) is 90.7 Å². The molecule has 1 saturated carbocycles. The van der Waals surface area contributed by atoms with Crippen LogP contribution < -0.4 is 0 Å². The van der Waals surface area contributed by atoms with E-state index in [1.54, 1.807) is 30.0 Å². The minimum Gasteiger partial charge on any atom is -0.258 e. The van der Waals surface area contributed by atoms with E-state index in [-0.39, 0.29) is 11.3 Å². The molecule has 0 saturated heterocycles.